The van der Waals surface area contributed by atoms with Gasteiger partial charge in [0.1, 0.15) is 0 Å². The van der Waals surface area contributed by atoms with E-state index in [9.17, 15) is 12.8 Å². The summed E-state index contributed by atoms with van der Waals surface area (Å²) >= 11 is 2.98. The van der Waals surface area contributed by atoms with Crippen LogP contribution in [-0.2, 0) is 10.0 Å². The number of ether oxygens (including phenoxy) is 1. The molecule has 8 heteroatoms. The first-order chi connectivity index (χ1) is 7.33. The summed E-state index contributed by atoms with van der Waals surface area (Å²) in [6, 6.07) is 2.07. The van der Waals surface area contributed by atoms with E-state index in [-0.39, 0.29) is 15.9 Å². The molecule has 0 radical (unpaired) electrons. The van der Waals surface area contributed by atoms with Gasteiger partial charge in [0.05, 0.1) is 11.9 Å². The fraction of sp³-hybridized carbons (Fsp3) is 0.125. The van der Waals surface area contributed by atoms with Gasteiger partial charge in [-0.15, -0.1) is 5.26 Å². The van der Waals surface area contributed by atoms with Crippen molar-refractivity contribution in [3.05, 3.63) is 22.4 Å². The summed E-state index contributed by atoms with van der Waals surface area (Å²) in [6.45, 7) is 0. The van der Waals surface area contributed by atoms with Crippen molar-refractivity contribution in [2.24, 2.45) is 0 Å². The smallest absolute Gasteiger partial charge is 0.292 e. The fourth-order valence-electron chi connectivity index (χ4n) is 0.934. The lowest BCUT2D eigenvalue weighted by molar-refractivity contribution is 0.460. The van der Waals surface area contributed by atoms with Crippen LogP contribution >= 0.6 is 15.9 Å². The maximum Gasteiger partial charge on any atom is 0.292 e. The van der Waals surface area contributed by atoms with Gasteiger partial charge in [-0.2, -0.15) is 0 Å². The minimum Gasteiger partial charge on any atom is -0.385 e. The third kappa shape index (κ3) is 3.36. The lowest BCUT2D eigenvalue weighted by Crippen LogP contribution is -2.10. The van der Waals surface area contributed by atoms with Crippen LogP contribution in [0.3, 0.4) is 0 Å². The zero-order valence-electron chi connectivity index (χ0n) is 7.99. The molecule has 0 saturated carbocycles. The largest absolute Gasteiger partial charge is 0.385 e. The van der Waals surface area contributed by atoms with Crippen molar-refractivity contribution >= 4 is 31.6 Å². The minimum atomic E-state index is -3.49. The molecule has 0 atom stereocenters. The molecule has 5 nitrogen and oxygen atoms in total. The van der Waals surface area contributed by atoms with Crippen molar-refractivity contribution in [2.45, 2.75) is 0 Å². The number of hydrogen-bond acceptors (Lipinski definition) is 4. The second kappa shape index (κ2) is 4.67. The highest BCUT2D eigenvalue weighted by Gasteiger charge is 2.12. The summed E-state index contributed by atoms with van der Waals surface area (Å²) in [4.78, 5) is 0. The number of rotatable bonds is 3. The van der Waals surface area contributed by atoms with Crippen LogP contribution < -0.4 is 9.46 Å². The van der Waals surface area contributed by atoms with Gasteiger partial charge < -0.3 is 4.74 Å². The van der Waals surface area contributed by atoms with E-state index >= 15 is 0 Å². The third-order valence-electron chi connectivity index (χ3n) is 1.47. The van der Waals surface area contributed by atoms with Gasteiger partial charge >= 0.3 is 0 Å². The molecule has 0 heterocycles. The number of anilines is 1. The summed E-state index contributed by atoms with van der Waals surface area (Å²) in [5.74, 6) is -1.12. The van der Waals surface area contributed by atoms with E-state index < -0.39 is 15.8 Å². The Hall–Kier alpha value is -1.33. The average molecular weight is 309 g/mol. The first-order valence-corrected chi connectivity index (χ1v) is 6.54. The molecular formula is C8H6BrFN2O3S. The molecule has 0 aromatic heterocycles. The van der Waals surface area contributed by atoms with Crippen LogP contribution in [0, 0.1) is 17.3 Å². The van der Waals surface area contributed by atoms with Gasteiger partial charge in [0.25, 0.3) is 6.26 Å². The standard InChI is InChI=1S/C8H6BrFN2O3S/c1-16(13,14)12-7-3-8(15-4-11)6(10)2-5(7)9/h2-3,12H,1H3. The van der Waals surface area contributed by atoms with Crippen LogP contribution in [0.1, 0.15) is 0 Å². The molecule has 0 aliphatic carbocycles. The van der Waals surface area contributed by atoms with E-state index in [1.54, 1.807) is 0 Å². The Kier molecular flexibility index (Phi) is 3.72. The highest BCUT2D eigenvalue weighted by atomic mass is 79.9. The molecule has 0 amide bonds. The van der Waals surface area contributed by atoms with E-state index in [0.29, 0.717) is 0 Å². The van der Waals surface area contributed by atoms with Gasteiger partial charge in [0, 0.05) is 10.5 Å². The van der Waals surface area contributed by atoms with Crippen LogP contribution in [0.4, 0.5) is 10.1 Å². The maximum absolute atomic E-state index is 13.2. The predicted octanol–water partition coefficient (Wildman–Crippen LogP) is 1.82. The van der Waals surface area contributed by atoms with Crippen molar-refractivity contribution in [2.75, 3.05) is 11.0 Å². The van der Waals surface area contributed by atoms with E-state index in [1.807, 2.05) is 0 Å². The minimum absolute atomic E-state index is 0.0918. The maximum atomic E-state index is 13.2. The average Bonchev–Trinajstić information content (AvgIpc) is 2.11. The van der Waals surface area contributed by atoms with Crippen molar-refractivity contribution in [3.8, 4) is 12.0 Å². The van der Waals surface area contributed by atoms with Crippen LogP contribution in [0.15, 0.2) is 16.6 Å². The molecule has 0 aliphatic heterocycles. The van der Waals surface area contributed by atoms with Crippen molar-refractivity contribution in [1.29, 1.82) is 5.26 Å². The third-order valence-corrected chi connectivity index (χ3v) is 2.72. The predicted molar refractivity (Wildman–Crippen MR) is 58.8 cm³/mol. The number of nitrogens with one attached hydrogen (secondary N) is 1. The second-order valence-corrected chi connectivity index (χ2v) is 5.43. The first-order valence-electron chi connectivity index (χ1n) is 3.86. The monoisotopic (exact) mass is 308 g/mol. The first kappa shape index (κ1) is 12.7. The summed E-state index contributed by atoms with van der Waals surface area (Å²) in [7, 11) is -3.49. The van der Waals surface area contributed by atoms with Crippen LogP contribution in [0.5, 0.6) is 5.75 Å². The van der Waals surface area contributed by atoms with Gasteiger partial charge in [-0.3, -0.25) is 4.72 Å². The Balaban J connectivity index is 3.21. The summed E-state index contributed by atoms with van der Waals surface area (Å²) in [6.07, 6.45) is 2.25. The molecule has 1 N–H and O–H groups in total. The Morgan fingerprint density at radius 2 is 2.19 bits per heavy atom. The van der Waals surface area contributed by atoms with Gasteiger partial charge in [-0.25, -0.2) is 12.8 Å². The summed E-state index contributed by atoms with van der Waals surface area (Å²) in [5.41, 5.74) is 0.0918. The number of nitrogens with zero attached hydrogens (tertiary/aromatic N) is 1. The van der Waals surface area contributed by atoms with Crippen molar-refractivity contribution in [3.63, 3.8) is 0 Å². The van der Waals surface area contributed by atoms with E-state index in [1.165, 1.54) is 6.26 Å². The molecule has 0 saturated heterocycles. The van der Waals surface area contributed by atoms with Gasteiger partial charge in [-0.05, 0) is 22.0 Å². The molecule has 86 valence electrons. The zero-order valence-corrected chi connectivity index (χ0v) is 10.4. The van der Waals surface area contributed by atoms with Gasteiger partial charge in [0.2, 0.25) is 10.0 Å². The molecular weight excluding hydrogens is 303 g/mol. The molecule has 1 aromatic rings. The number of sulfonamides is 1. The lowest BCUT2D eigenvalue weighted by Gasteiger charge is -2.08. The van der Waals surface area contributed by atoms with Gasteiger partial charge in [0.15, 0.2) is 11.6 Å². The van der Waals surface area contributed by atoms with Crippen LogP contribution in [0.2, 0.25) is 0 Å². The highest BCUT2D eigenvalue weighted by molar-refractivity contribution is 9.10. The number of hydrogen-bond donors (Lipinski definition) is 1. The number of benzene rings is 1. The topological polar surface area (TPSA) is 79.2 Å². The molecule has 1 aromatic carbocycles. The second-order valence-electron chi connectivity index (χ2n) is 2.83. The SMILES string of the molecule is CS(=O)(=O)Nc1cc(OC#N)c(F)cc1Br. The molecule has 0 spiro atoms. The normalized spacial score (nSPS) is 10.6. The molecule has 0 unspecified atom stereocenters. The zero-order chi connectivity index (χ0) is 12.3. The molecule has 16 heavy (non-hydrogen) atoms. The Morgan fingerprint density at radius 3 is 2.69 bits per heavy atom. The molecule has 0 aliphatic rings. The molecule has 0 bridgehead atoms. The van der Waals surface area contributed by atoms with Crippen LogP contribution in [0.25, 0.3) is 0 Å². The number of halogens is 2. The number of nitriles is 1. The Labute approximate surface area is 100 Å². The quantitative estimate of drug-likeness (QED) is 0.864. The highest BCUT2D eigenvalue weighted by Crippen LogP contribution is 2.30. The van der Waals surface area contributed by atoms with Crippen molar-refractivity contribution < 1.29 is 17.5 Å². The summed E-state index contributed by atoms with van der Waals surface area (Å²) in [5, 5.41) is 8.25. The van der Waals surface area contributed by atoms with Crippen LogP contribution in [-0.4, -0.2) is 14.7 Å². The lowest BCUT2D eigenvalue weighted by atomic mass is 10.3. The van der Waals surface area contributed by atoms with Gasteiger partial charge in [-0.1, -0.05) is 0 Å². The Morgan fingerprint density at radius 1 is 1.56 bits per heavy atom. The molecule has 0 fully saturated rings. The fourth-order valence-corrected chi connectivity index (χ4v) is 2.05. The van der Waals surface area contributed by atoms with E-state index in [2.05, 4.69) is 25.4 Å². The van der Waals surface area contributed by atoms with E-state index in [0.717, 1.165) is 18.4 Å². The Bertz CT molecular complexity index is 553. The molecule has 1 rings (SSSR count). The van der Waals surface area contributed by atoms with E-state index in [4.69, 9.17) is 5.26 Å². The summed E-state index contributed by atoms with van der Waals surface area (Å²) < 4.78 is 41.8. The van der Waals surface area contributed by atoms with Crippen molar-refractivity contribution in [1.82, 2.24) is 0 Å².